The quantitative estimate of drug-likeness (QED) is 0.518. The predicted octanol–water partition coefficient (Wildman–Crippen LogP) is 3.81. The zero-order valence-electron chi connectivity index (χ0n) is 15.5. The first-order valence-electron chi connectivity index (χ1n) is 8.65. The van der Waals surface area contributed by atoms with Gasteiger partial charge in [-0.3, -0.25) is 4.79 Å². The molecule has 1 N–H and O–H groups in total. The first kappa shape index (κ1) is 19.8. The van der Waals surface area contributed by atoms with Gasteiger partial charge in [-0.25, -0.2) is 4.98 Å². The van der Waals surface area contributed by atoms with Crippen LogP contribution in [0.5, 0.6) is 5.75 Å². The van der Waals surface area contributed by atoms with E-state index >= 15 is 0 Å². The summed E-state index contributed by atoms with van der Waals surface area (Å²) in [6.07, 6.45) is -4.72. The number of nitrogens with zero attached hydrogens (tertiary/aromatic N) is 4. The molecule has 7 nitrogen and oxygen atoms in total. The number of aromatic nitrogens is 4. The zero-order valence-corrected chi connectivity index (χ0v) is 16.3. The summed E-state index contributed by atoms with van der Waals surface area (Å²) in [5.74, 6) is -0.843. The van der Waals surface area contributed by atoms with E-state index in [1.165, 1.54) is 18.4 Å². The van der Waals surface area contributed by atoms with Gasteiger partial charge in [0.1, 0.15) is 5.75 Å². The third kappa shape index (κ3) is 3.96. The summed E-state index contributed by atoms with van der Waals surface area (Å²) in [5, 5.41) is 8.18. The zero-order chi connectivity index (χ0) is 21.3. The summed E-state index contributed by atoms with van der Waals surface area (Å²) >= 11 is 1.44. The van der Waals surface area contributed by atoms with E-state index in [0.717, 1.165) is 10.9 Å². The van der Waals surface area contributed by atoms with Crippen LogP contribution in [0.2, 0.25) is 0 Å². The summed E-state index contributed by atoms with van der Waals surface area (Å²) in [7, 11) is 1.49. The molecule has 0 saturated heterocycles. The first-order chi connectivity index (χ1) is 14.3. The molecular formula is C19H14F3N5O2S. The van der Waals surface area contributed by atoms with Crippen molar-refractivity contribution in [3.8, 4) is 17.0 Å². The Morgan fingerprint density at radius 2 is 1.97 bits per heavy atom. The first-order valence-corrected chi connectivity index (χ1v) is 9.53. The van der Waals surface area contributed by atoms with E-state index in [9.17, 15) is 18.0 Å². The van der Waals surface area contributed by atoms with Crippen molar-refractivity contribution in [1.82, 2.24) is 24.9 Å². The van der Waals surface area contributed by atoms with Crippen molar-refractivity contribution in [3.05, 3.63) is 64.2 Å². The van der Waals surface area contributed by atoms with Gasteiger partial charge < -0.3 is 10.1 Å². The molecule has 4 aromatic rings. The maximum absolute atomic E-state index is 13.6. The highest BCUT2D eigenvalue weighted by atomic mass is 32.1. The van der Waals surface area contributed by atoms with Crippen LogP contribution < -0.4 is 10.1 Å². The van der Waals surface area contributed by atoms with Crippen molar-refractivity contribution in [2.75, 3.05) is 7.11 Å². The molecule has 0 aliphatic carbocycles. The van der Waals surface area contributed by atoms with Crippen LogP contribution in [0.25, 0.3) is 17.0 Å². The van der Waals surface area contributed by atoms with Crippen LogP contribution in [0.1, 0.15) is 21.2 Å². The van der Waals surface area contributed by atoms with Gasteiger partial charge in [-0.2, -0.15) is 22.7 Å². The second-order valence-corrected chi connectivity index (χ2v) is 7.19. The lowest BCUT2D eigenvalue weighted by molar-refractivity contribution is -0.142. The van der Waals surface area contributed by atoms with Gasteiger partial charge in [-0.1, -0.05) is 6.07 Å². The summed E-state index contributed by atoms with van der Waals surface area (Å²) in [6.45, 7) is 0.225. The lowest BCUT2D eigenvalue weighted by Gasteiger charge is -2.10. The van der Waals surface area contributed by atoms with Gasteiger partial charge in [0, 0.05) is 10.4 Å². The Bertz CT molecular complexity index is 1190. The molecule has 4 rings (SSSR count). The minimum Gasteiger partial charge on any atom is -0.497 e. The predicted molar refractivity (Wildman–Crippen MR) is 103 cm³/mol. The van der Waals surface area contributed by atoms with E-state index in [-0.39, 0.29) is 18.0 Å². The van der Waals surface area contributed by atoms with E-state index in [0.29, 0.717) is 15.8 Å². The lowest BCUT2D eigenvalue weighted by Crippen LogP contribution is -2.23. The number of carbonyl (C=O) groups is 1. The highest BCUT2D eigenvalue weighted by molar-refractivity contribution is 7.09. The van der Waals surface area contributed by atoms with Crippen molar-refractivity contribution in [2.24, 2.45) is 0 Å². The molecule has 0 aliphatic rings. The number of thiophene rings is 1. The van der Waals surface area contributed by atoms with Crippen LogP contribution in [0.15, 0.2) is 47.8 Å². The van der Waals surface area contributed by atoms with Gasteiger partial charge in [0.25, 0.3) is 11.7 Å². The van der Waals surface area contributed by atoms with Crippen LogP contribution in [0, 0.1) is 0 Å². The number of alkyl halides is 3. The molecule has 0 unspecified atom stereocenters. The molecule has 0 aliphatic heterocycles. The van der Waals surface area contributed by atoms with Gasteiger partial charge in [-0.05, 0) is 41.8 Å². The average molecular weight is 433 g/mol. The Kier molecular flexibility index (Phi) is 5.12. The van der Waals surface area contributed by atoms with Crippen LogP contribution in [0.4, 0.5) is 13.2 Å². The minimum atomic E-state index is -4.72. The molecule has 30 heavy (non-hydrogen) atoms. The number of hydrogen-bond acceptors (Lipinski definition) is 6. The largest absolute Gasteiger partial charge is 0.497 e. The number of hydrogen-bond donors (Lipinski definition) is 1. The lowest BCUT2D eigenvalue weighted by atomic mass is 10.1. The molecule has 0 fully saturated rings. The topological polar surface area (TPSA) is 81.4 Å². The Morgan fingerprint density at radius 1 is 1.20 bits per heavy atom. The number of ether oxygens (including phenoxy) is 1. The van der Waals surface area contributed by atoms with E-state index in [1.807, 2.05) is 17.5 Å². The molecule has 1 amide bonds. The Labute approximate surface area is 172 Å². The standard InChI is InChI=1S/C19H14F3N5O2S/c1-29-12-6-4-11(5-7-12)14-9-15(19(20,21)22)27-18(24-14)25-16(26-27)17(28)23-10-13-3-2-8-30-13/h2-9H,10H2,1H3,(H,23,28). The highest BCUT2D eigenvalue weighted by Crippen LogP contribution is 2.32. The number of fused-ring (bicyclic) bond motifs is 1. The monoisotopic (exact) mass is 433 g/mol. The van der Waals surface area contributed by atoms with Gasteiger partial charge in [0.2, 0.25) is 5.82 Å². The molecule has 1 aromatic carbocycles. The molecule has 0 saturated carbocycles. The molecule has 0 atom stereocenters. The maximum Gasteiger partial charge on any atom is 0.433 e. The van der Waals surface area contributed by atoms with E-state index < -0.39 is 23.6 Å². The van der Waals surface area contributed by atoms with Gasteiger partial charge in [0.15, 0.2) is 5.69 Å². The number of halogens is 3. The van der Waals surface area contributed by atoms with E-state index in [1.54, 1.807) is 24.3 Å². The molecule has 0 radical (unpaired) electrons. The van der Waals surface area contributed by atoms with Crippen molar-refractivity contribution < 1.29 is 22.7 Å². The second kappa shape index (κ2) is 7.75. The molecule has 0 bridgehead atoms. The van der Waals surface area contributed by atoms with Crippen LogP contribution in [0.3, 0.4) is 0 Å². The molecule has 3 aromatic heterocycles. The van der Waals surface area contributed by atoms with Crippen LogP contribution >= 0.6 is 11.3 Å². The smallest absolute Gasteiger partial charge is 0.433 e. The molecule has 0 spiro atoms. The number of benzene rings is 1. The van der Waals surface area contributed by atoms with E-state index in [4.69, 9.17) is 4.74 Å². The van der Waals surface area contributed by atoms with E-state index in [2.05, 4.69) is 20.4 Å². The molecule has 11 heteroatoms. The summed E-state index contributed by atoms with van der Waals surface area (Å²) in [6, 6.07) is 10.9. The maximum atomic E-state index is 13.6. The highest BCUT2D eigenvalue weighted by Gasteiger charge is 2.36. The number of amides is 1. The van der Waals surface area contributed by atoms with Crippen LogP contribution in [-0.2, 0) is 12.7 Å². The molecule has 3 heterocycles. The molecular weight excluding hydrogens is 419 g/mol. The Morgan fingerprint density at radius 3 is 2.60 bits per heavy atom. The van der Waals surface area contributed by atoms with Crippen molar-refractivity contribution in [1.29, 1.82) is 0 Å². The SMILES string of the molecule is COc1ccc(-c2cc(C(F)(F)F)n3nc(C(=O)NCc4cccs4)nc3n2)cc1. The summed E-state index contributed by atoms with van der Waals surface area (Å²) in [4.78, 5) is 21.3. The third-order valence-electron chi connectivity index (χ3n) is 4.19. The Hall–Kier alpha value is -3.47. The number of nitrogens with one attached hydrogen (secondary N) is 1. The number of methoxy groups -OCH3 is 1. The minimum absolute atomic E-state index is 0.0513. The van der Waals surface area contributed by atoms with Gasteiger partial charge in [-0.15, -0.1) is 16.4 Å². The van der Waals surface area contributed by atoms with Gasteiger partial charge in [0.05, 0.1) is 19.3 Å². The fourth-order valence-electron chi connectivity index (χ4n) is 2.74. The second-order valence-electron chi connectivity index (χ2n) is 6.16. The fraction of sp³-hybridized carbons (Fsp3) is 0.158. The third-order valence-corrected chi connectivity index (χ3v) is 5.07. The number of rotatable bonds is 5. The fourth-order valence-corrected chi connectivity index (χ4v) is 3.38. The summed E-state index contributed by atoms with van der Waals surface area (Å²) < 4.78 is 46.5. The van der Waals surface area contributed by atoms with Crippen molar-refractivity contribution in [2.45, 2.75) is 12.7 Å². The normalized spacial score (nSPS) is 11.6. The van der Waals surface area contributed by atoms with Gasteiger partial charge >= 0.3 is 6.18 Å². The number of carbonyl (C=O) groups excluding carboxylic acids is 1. The Balaban J connectivity index is 1.72. The van der Waals surface area contributed by atoms with Crippen molar-refractivity contribution in [3.63, 3.8) is 0 Å². The van der Waals surface area contributed by atoms with Crippen molar-refractivity contribution >= 4 is 23.0 Å². The van der Waals surface area contributed by atoms with Crippen LogP contribution in [-0.4, -0.2) is 32.6 Å². The summed E-state index contributed by atoms with van der Waals surface area (Å²) in [5.41, 5.74) is -0.589. The molecule has 154 valence electrons. The average Bonchev–Trinajstić information content (AvgIpc) is 3.40.